The Morgan fingerprint density at radius 1 is 1.17 bits per heavy atom. The minimum atomic E-state index is -0.489. The van der Waals surface area contributed by atoms with Crippen LogP contribution in [0.5, 0.6) is 0 Å². The van der Waals surface area contributed by atoms with Gasteiger partial charge in [-0.15, -0.1) is 12.4 Å². The van der Waals surface area contributed by atoms with E-state index < -0.39 is 5.54 Å². The number of aliphatic hydroxyl groups excluding tert-OH is 1. The van der Waals surface area contributed by atoms with Gasteiger partial charge in [0.2, 0.25) is 0 Å². The maximum atomic E-state index is 9.46. The molecule has 1 aromatic carbocycles. The molecule has 0 aromatic heterocycles. The van der Waals surface area contributed by atoms with Gasteiger partial charge in [0.05, 0.1) is 6.61 Å². The second-order valence-electron chi connectivity index (χ2n) is 6.93. The van der Waals surface area contributed by atoms with Gasteiger partial charge in [-0.25, -0.2) is 0 Å². The number of nitrogens with two attached hydrogens (primary N) is 1. The smallest absolute Gasteiger partial charge is 0.0614 e. The average molecular weight is 360 g/mol. The maximum Gasteiger partial charge on any atom is 0.0614 e. The number of unbranched alkanes of at least 4 members (excludes halogenated alkanes) is 5. The predicted octanol–water partition coefficient (Wildman–Crippen LogP) is 4.84. The Labute approximate surface area is 152 Å². The first kappa shape index (κ1) is 20.8. The van der Waals surface area contributed by atoms with E-state index in [1.807, 2.05) is 0 Å². The highest BCUT2D eigenvalue weighted by atomic mass is 35.5. The van der Waals surface area contributed by atoms with E-state index in [-0.39, 0.29) is 19.0 Å². The van der Waals surface area contributed by atoms with Gasteiger partial charge in [0, 0.05) is 10.6 Å². The van der Waals surface area contributed by atoms with Crippen LogP contribution in [0.2, 0.25) is 5.02 Å². The van der Waals surface area contributed by atoms with E-state index in [2.05, 4.69) is 19.1 Å². The Morgan fingerprint density at radius 2 is 1.87 bits per heavy atom. The van der Waals surface area contributed by atoms with Crippen molar-refractivity contribution in [1.82, 2.24) is 0 Å². The molecule has 23 heavy (non-hydrogen) atoms. The van der Waals surface area contributed by atoms with Crippen LogP contribution < -0.4 is 5.73 Å². The van der Waals surface area contributed by atoms with E-state index in [4.69, 9.17) is 17.3 Å². The minimum Gasteiger partial charge on any atom is -0.394 e. The Balaban J connectivity index is 0.00000264. The Kier molecular flexibility index (Phi) is 8.92. The summed E-state index contributed by atoms with van der Waals surface area (Å²) >= 11 is 6.48. The zero-order valence-electron chi connectivity index (χ0n) is 14.2. The fourth-order valence-electron chi connectivity index (χ4n) is 3.39. The number of hydrogen-bond acceptors (Lipinski definition) is 2. The largest absolute Gasteiger partial charge is 0.394 e. The molecule has 2 nitrogen and oxygen atoms in total. The Morgan fingerprint density at radius 3 is 2.57 bits per heavy atom. The summed E-state index contributed by atoms with van der Waals surface area (Å²) in [6.07, 6.45) is 11.5. The zero-order valence-corrected chi connectivity index (χ0v) is 15.8. The predicted molar refractivity (Wildman–Crippen MR) is 102 cm³/mol. The van der Waals surface area contributed by atoms with Gasteiger partial charge in [0.15, 0.2) is 0 Å². The molecule has 132 valence electrons. The van der Waals surface area contributed by atoms with Crippen LogP contribution in [-0.2, 0) is 19.3 Å². The van der Waals surface area contributed by atoms with E-state index in [9.17, 15) is 5.11 Å². The van der Waals surface area contributed by atoms with E-state index in [0.29, 0.717) is 6.42 Å². The molecule has 0 saturated heterocycles. The molecule has 0 heterocycles. The fourth-order valence-corrected chi connectivity index (χ4v) is 3.72. The summed E-state index contributed by atoms with van der Waals surface area (Å²) in [5.41, 5.74) is 9.56. The molecule has 1 aromatic rings. The minimum absolute atomic E-state index is 0. The van der Waals surface area contributed by atoms with Gasteiger partial charge in [-0.2, -0.15) is 0 Å². The average Bonchev–Trinajstić information content (AvgIpc) is 2.52. The molecule has 0 spiro atoms. The van der Waals surface area contributed by atoms with Crippen LogP contribution in [0.1, 0.15) is 68.6 Å². The number of aliphatic hydroxyl groups is 1. The van der Waals surface area contributed by atoms with Crippen molar-refractivity contribution >= 4 is 24.0 Å². The molecule has 1 unspecified atom stereocenters. The van der Waals surface area contributed by atoms with Crippen molar-refractivity contribution in [2.45, 2.75) is 76.7 Å². The monoisotopic (exact) mass is 359 g/mol. The Hall–Kier alpha value is -0.280. The lowest BCUT2D eigenvalue weighted by Gasteiger charge is -2.33. The van der Waals surface area contributed by atoms with Crippen LogP contribution in [0.15, 0.2) is 12.1 Å². The van der Waals surface area contributed by atoms with Crippen molar-refractivity contribution in [3.63, 3.8) is 0 Å². The summed E-state index contributed by atoms with van der Waals surface area (Å²) in [5.74, 6) is 0. The van der Waals surface area contributed by atoms with E-state index >= 15 is 0 Å². The van der Waals surface area contributed by atoms with Crippen molar-refractivity contribution < 1.29 is 5.11 Å². The SMILES string of the molecule is CCCCCCCCc1cc(Cl)c2c(c1)CCC(N)(CO)C2.Cl. The van der Waals surface area contributed by atoms with Crippen LogP contribution >= 0.6 is 24.0 Å². The van der Waals surface area contributed by atoms with Crippen LogP contribution in [0.25, 0.3) is 0 Å². The number of benzene rings is 1. The maximum absolute atomic E-state index is 9.46. The highest BCUT2D eigenvalue weighted by molar-refractivity contribution is 6.31. The van der Waals surface area contributed by atoms with E-state index in [1.165, 1.54) is 49.7 Å². The molecular formula is C19H31Cl2NO. The van der Waals surface area contributed by atoms with Gasteiger partial charge in [0.1, 0.15) is 0 Å². The van der Waals surface area contributed by atoms with Crippen molar-refractivity contribution in [2.24, 2.45) is 5.73 Å². The number of halogens is 2. The number of fused-ring (bicyclic) bond motifs is 1. The van der Waals surface area contributed by atoms with Crippen LogP contribution in [0.3, 0.4) is 0 Å². The van der Waals surface area contributed by atoms with Crippen molar-refractivity contribution in [2.75, 3.05) is 6.61 Å². The third-order valence-electron chi connectivity index (χ3n) is 4.90. The van der Waals surface area contributed by atoms with Gasteiger partial charge in [-0.3, -0.25) is 0 Å². The zero-order chi connectivity index (χ0) is 16.0. The summed E-state index contributed by atoms with van der Waals surface area (Å²) in [5, 5.41) is 10.3. The molecule has 0 radical (unpaired) electrons. The first-order chi connectivity index (χ1) is 10.6. The summed E-state index contributed by atoms with van der Waals surface area (Å²) < 4.78 is 0. The second-order valence-corrected chi connectivity index (χ2v) is 7.34. The van der Waals surface area contributed by atoms with Crippen LogP contribution in [0, 0.1) is 0 Å². The summed E-state index contributed by atoms with van der Waals surface area (Å²) in [4.78, 5) is 0. The van der Waals surface area contributed by atoms with Crippen molar-refractivity contribution in [3.05, 3.63) is 33.8 Å². The molecule has 0 saturated carbocycles. The molecule has 1 atom stereocenters. The molecule has 0 amide bonds. The van der Waals surface area contributed by atoms with Gasteiger partial charge in [0.25, 0.3) is 0 Å². The molecule has 2 rings (SSSR count). The lowest BCUT2D eigenvalue weighted by molar-refractivity contribution is 0.181. The molecule has 4 heteroatoms. The topological polar surface area (TPSA) is 46.2 Å². The van der Waals surface area contributed by atoms with Gasteiger partial charge >= 0.3 is 0 Å². The highest BCUT2D eigenvalue weighted by Gasteiger charge is 2.31. The lowest BCUT2D eigenvalue weighted by atomic mass is 9.78. The molecule has 0 fully saturated rings. The van der Waals surface area contributed by atoms with Crippen molar-refractivity contribution in [1.29, 1.82) is 0 Å². The number of rotatable bonds is 8. The summed E-state index contributed by atoms with van der Waals surface area (Å²) in [7, 11) is 0. The van der Waals surface area contributed by atoms with Crippen molar-refractivity contribution in [3.8, 4) is 0 Å². The molecule has 3 N–H and O–H groups in total. The first-order valence-corrected chi connectivity index (χ1v) is 9.15. The highest BCUT2D eigenvalue weighted by Crippen LogP contribution is 2.33. The van der Waals surface area contributed by atoms with Gasteiger partial charge in [-0.05, 0) is 54.9 Å². The summed E-state index contributed by atoms with van der Waals surface area (Å²) in [6, 6.07) is 4.42. The molecule has 0 bridgehead atoms. The molecule has 1 aliphatic carbocycles. The fraction of sp³-hybridized carbons (Fsp3) is 0.684. The van der Waals surface area contributed by atoms with Gasteiger partial charge in [-0.1, -0.05) is 56.7 Å². The van der Waals surface area contributed by atoms with Crippen LogP contribution in [0.4, 0.5) is 0 Å². The number of aryl methyl sites for hydroxylation is 2. The van der Waals surface area contributed by atoms with Crippen LogP contribution in [-0.4, -0.2) is 17.3 Å². The third-order valence-corrected chi connectivity index (χ3v) is 5.24. The number of hydrogen-bond donors (Lipinski definition) is 2. The van der Waals surface area contributed by atoms with Gasteiger partial charge < -0.3 is 10.8 Å². The normalized spacial score (nSPS) is 20.0. The van der Waals surface area contributed by atoms with E-state index in [0.717, 1.165) is 29.8 Å². The quantitative estimate of drug-likeness (QED) is 0.652. The lowest BCUT2D eigenvalue weighted by Crippen LogP contribution is -2.48. The third kappa shape index (κ3) is 5.94. The molecular weight excluding hydrogens is 329 g/mol. The first-order valence-electron chi connectivity index (χ1n) is 8.78. The standard InChI is InChI=1S/C19H30ClNO.ClH/c1-2-3-4-5-6-7-8-15-11-16-9-10-19(21,14-22)13-17(16)18(20)12-15;/h11-12,22H,2-10,13-14,21H2,1H3;1H. The van der Waals surface area contributed by atoms with E-state index in [1.54, 1.807) is 0 Å². The molecule has 1 aliphatic rings. The second kappa shape index (κ2) is 9.88. The molecule has 0 aliphatic heterocycles. The summed E-state index contributed by atoms with van der Waals surface area (Å²) in [6.45, 7) is 2.28. The Bertz CT molecular complexity index is 493.